The molecule has 34 heavy (non-hydrogen) atoms. The van der Waals surface area contributed by atoms with Crippen LogP contribution in [0.15, 0.2) is 24.5 Å². The molecule has 188 valence electrons. The summed E-state index contributed by atoms with van der Waals surface area (Å²) >= 11 is 0. The van der Waals surface area contributed by atoms with Crippen LogP contribution in [0.5, 0.6) is 0 Å². The standard InChI is InChI=1S/C23H32F3N5O3/c1-15-8-7-9-31-16(15)12-27-19(31)22(5,6)28-18(32)17-13-29(20(33)34-21(2,3)4)10-11-30(17)14-23(24,25)26/h7-9,12,17H,10-11,13-14H2,1-6H3,(H,28,32)/t17-/m0/s1. The van der Waals surface area contributed by atoms with Gasteiger partial charge in [0.25, 0.3) is 0 Å². The van der Waals surface area contributed by atoms with Crippen molar-refractivity contribution in [1.29, 1.82) is 0 Å². The lowest BCUT2D eigenvalue weighted by atomic mass is 10.0. The van der Waals surface area contributed by atoms with E-state index in [1.54, 1.807) is 40.8 Å². The van der Waals surface area contributed by atoms with Crippen LogP contribution >= 0.6 is 0 Å². The van der Waals surface area contributed by atoms with E-state index in [9.17, 15) is 22.8 Å². The predicted molar refractivity (Wildman–Crippen MR) is 120 cm³/mol. The fraction of sp³-hybridized carbons (Fsp3) is 0.609. The number of piperazine rings is 1. The van der Waals surface area contributed by atoms with Gasteiger partial charge in [-0.2, -0.15) is 13.2 Å². The molecule has 2 aromatic rings. The van der Waals surface area contributed by atoms with Crippen molar-refractivity contribution in [3.05, 3.63) is 35.9 Å². The van der Waals surface area contributed by atoms with Gasteiger partial charge in [-0.25, -0.2) is 9.78 Å². The Labute approximate surface area is 197 Å². The molecule has 0 aromatic carbocycles. The van der Waals surface area contributed by atoms with Gasteiger partial charge in [0.05, 0.1) is 23.8 Å². The highest BCUT2D eigenvalue weighted by atomic mass is 19.4. The Bertz CT molecular complexity index is 1060. The highest BCUT2D eigenvalue weighted by Crippen LogP contribution is 2.25. The number of carbonyl (C=O) groups is 2. The van der Waals surface area contributed by atoms with Crippen LogP contribution in [0.25, 0.3) is 5.52 Å². The molecule has 11 heteroatoms. The second kappa shape index (κ2) is 9.09. The summed E-state index contributed by atoms with van der Waals surface area (Å²) in [4.78, 5) is 32.7. The topological polar surface area (TPSA) is 79.2 Å². The maximum absolute atomic E-state index is 13.3. The molecule has 0 saturated carbocycles. The fourth-order valence-corrected chi connectivity index (χ4v) is 4.05. The summed E-state index contributed by atoms with van der Waals surface area (Å²) in [5, 5.41) is 2.85. The van der Waals surface area contributed by atoms with Gasteiger partial charge in [-0.15, -0.1) is 0 Å². The number of hydrogen-bond acceptors (Lipinski definition) is 5. The number of amides is 2. The van der Waals surface area contributed by atoms with Crippen molar-refractivity contribution in [3.8, 4) is 0 Å². The summed E-state index contributed by atoms with van der Waals surface area (Å²) < 4.78 is 46.9. The Kier molecular flexibility index (Phi) is 6.89. The summed E-state index contributed by atoms with van der Waals surface area (Å²) in [5.74, 6) is -0.0753. The summed E-state index contributed by atoms with van der Waals surface area (Å²) in [6.45, 7) is 8.98. The predicted octanol–water partition coefficient (Wildman–Crippen LogP) is 3.48. The first-order valence-electron chi connectivity index (χ1n) is 11.1. The van der Waals surface area contributed by atoms with E-state index in [0.29, 0.717) is 5.82 Å². The molecule has 2 aromatic heterocycles. The SMILES string of the molecule is Cc1cccn2c(C(C)(C)NC(=O)[C@@H]3CN(C(=O)OC(C)(C)C)CCN3CC(F)(F)F)ncc12. The van der Waals surface area contributed by atoms with E-state index in [1.807, 2.05) is 29.7 Å². The number of nitrogens with one attached hydrogen (secondary N) is 1. The van der Waals surface area contributed by atoms with E-state index >= 15 is 0 Å². The number of halogens is 3. The lowest BCUT2D eigenvalue weighted by molar-refractivity contribution is -0.160. The molecule has 1 fully saturated rings. The summed E-state index contributed by atoms with van der Waals surface area (Å²) in [6, 6.07) is 2.60. The number of imidazole rings is 1. The van der Waals surface area contributed by atoms with Crippen molar-refractivity contribution in [2.24, 2.45) is 0 Å². The Balaban J connectivity index is 1.84. The average molecular weight is 484 g/mol. The number of aryl methyl sites for hydroxylation is 1. The minimum atomic E-state index is -4.49. The summed E-state index contributed by atoms with van der Waals surface area (Å²) in [7, 11) is 0. The van der Waals surface area contributed by atoms with Gasteiger partial charge in [-0.05, 0) is 53.2 Å². The number of nitrogens with zero attached hydrogens (tertiary/aromatic N) is 4. The van der Waals surface area contributed by atoms with E-state index in [1.165, 1.54) is 4.90 Å². The highest BCUT2D eigenvalue weighted by molar-refractivity contribution is 5.84. The van der Waals surface area contributed by atoms with Crippen molar-refractivity contribution in [1.82, 2.24) is 24.5 Å². The zero-order chi connectivity index (χ0) is 25.5. The van der Waals surface area contributed by atoms with Gasteiger partial charge in [-0.1, -0.05) is 6.07 Å². The molecule has 8 nitrogen and oxygen atoms in total. The van der Waals surface area contributed by atoms with Crippen molar-refractivity contribution in [2.75, 3.05) is 26.2 Å². The number of aromatic nitrogens is 2. The Morgan fingerprint density at radius 1 is 1.18 bits per heavy atom. The van der Waals surface area contributed by atoms with Crippen LogP contribution < -0.4 is 5.32 Å². The van der Waals surface area contributed by atoms with E-state index in [-0.39, 0.29) is 19.6 Å². The van der Waals surface area contributed by atoms with Gasteiger partial charge in [0, 0.05) is 25.8 Å². The van der Waals surface area contributed by atoms with Crippen molar-refractivity contribution >= 4 is 17.5 Å². The van der Waals surface area contributed by atoms with Crippen LogP contribution in [-0.4, -0.2) is 75.2 Å². The number of carbonyl (C=O) groups excluding carboxylic acids is 2. The molecule has 0 bridgehead atoms. The van der Waals surface area contributed by atoms with Gasteiger partial charge >= 0.3 is 12.3 Å². The molecule has 1 saturated heterocycles. The number of pyridine rings is 1. The largest absolute Gasteiger partial charge is 0.444 e. The van der Waals surface area contributed by atoms with Crippen molar-refractivity contribution in [3.63, 3.8) is 0 Å². The van der Waals surface area contributed by atoms with Gasteiger partial charge < -0.3 is 19.4 Å². The van der Waals surface area contributed by atoms with E-state index in [4.69, 9.17) is 4.74 Å². The molecule has 1 aliphatic rings. The van der Waals surface area contributed by atoms with Crippen LogP contribution in [-0.2, 0) is 15.1 Å². The first-order valence-corrected chi connectivity index (χ1v) is 11.1. The van der Waals surface area contributed by atoms with E-state index < -0.39 is 41.9 Å². The molecule has 1 atom stereocenters. The summed E-state index contributed by atoms with van der Waals surface area (Å²) in [5.41, 5.74) is 0.113. The van der Waals surface area contributed by atoms with Crippen molar-refractivity contribution < 1.29 is 27.5 Å². The molecule has 1 N–H and O–H groups in total. The van der Waals surface area contributed by atoms with Gasteiger partial charge in [0.15, 0.2) is 0 Å². The smallest absolute Gasteiger partial charge is 0.410 e. The number of ether oxygens (including phenoxy) is 1. The van der Waals surface area contributed by atoms with Gasteiger partial charge in [0.1, 0.15) is 17.5 Å². The number of fused-ring (bicyclic) bond motifs is 1. The molecule has 0 radical (unpaired) electrons. The normalized spacial score (nSPS) is 18.3. The second-order valence-corrected chi connectivity index (χ2v) is 10.2. The van der Waals surface area contributed by atoms with Crippen molar-refractivity contribution in [2.45, 2.75) is 64.9 Å². The zero-order valence-corrected chi connectivity index (χ0v) is 20.4. The molecule has 0 unspecified atom stereocenters. The second-order valence-electron chi connectivity index (χ2n) is 10.2. The number of alkyl halides is 3. The highest BCUT2D eigenvalue weighted by Gasteiger charge is 2.42. The number of hydrogen-bond donors (Lipinski definition) is 1. The Morgan fingerprint density at radius 3 is 2.47 bits per heavy atom. The third-order valence-corrected chi connectivity index (χ3v) is 5.60. The molecule has 0 aliphatic carbocycles. The Hall–Kier alpha value is -2.82. The van der Waals surface area contributed by atoms with Crippen LogP contribution in [0.1, 0.15) is 46.0 Å². The molecule has 3 heterocycles. The molecular weight excluding hydrogens is 451 g/mol. The maximum Gasteiger partial charge on any atom is 0.410 e. The molecular formula is C23H32F3N5O3. The lowest BCUT2D eigenvalue weighted by Crippen LogP contribution is -2.63. The number of rotatable bonds is 4. The first-order chi connectivity index (χ1) is 15.6. The maximum atomic E-state index is 13.3. The van der Waals surface area contributed by atoms with Crippen LogP contribution in [0.2, 0.25) is 0 Å². The average Bonchev–Trinajstić information content (AvgIpc) is 3.12. The molecule has 1 aliphatic heterocycles. The third kappa shape index (κ3) is 5.99. The van der Waals surface area contributed by atoms with Gasteiger partial charge in [-0.3, -0.25) is 9.69 Å². The Morgan fingerprint density at radius 2 is 1.85 bits per heavy atom. The minimum absolute atomic E-state index is 0.0301. The summed E-state index contributed by atoms with van der Waals surface area (Å²) in [6.07, 6.45) is -1.64. The third-order valence-electron chi connectivity index (χ3n) is 5.60. The van der Waals surface area contributed by atoms with Crippen LogP contribution in [0, 0.1) is 6.92 Å². The fourth-order valence-electron chi connectivity index (χ4n) is 4.05. The van der Waals surface area contributed by atoms with Crippen LogP contribution in [0.4, 0.5) is 18.0 Å². The minimum Gasteiger partial charge on any atom is -0.444 e. The monoisotopic (exact) mass is 483 g/mol. The van der Waals surface area contributed by atoms with Crippen LogP contribution in [0.3, 0.4) is 0 Å². The lowest BCUT2D eigenvalue weighted by Gasteiger charge is -2.41. The van der Waals surface area contributed by atoms with E-state index in [2.05, 4.69) is 10.3 Å². The molecule has 2 amide bonds. The van der Waals surface area contributed by atoms with E-state index in [0.717, 1.165) is 16.0 Å². The van der Waals surface area contributed by atoms with Gasteiger partial charge in [0.2, 0.25) is 5.91 Å². The quantitative estimate of drug-likeness (QED) is 0.721. The first kappa shape index (κ1) is 25.8. The molecule has 0 spiro atoms. The molecule has 3 rings (SSSR count). The zero-order valence-electron chi connectivity index (χ0n) is 20.4.